The summed E-state index contributed by atoms with van der Waals surface area (Å²) in [6.45, 7) is 0. The van der Waals surface area contributed by atoms with Crippen molar-refractivity contribution in [3.8, 4) is 11.4 Å². The van der Waals surface area contributed by atoms with E-state index in [0.717, 1.165) is 5.56 Å². The maximum absolute atomic E-state index is 7.41. The molecule has 92 valence electrons. The Morgan fingerprint density at radius 3 is 2.28 bits per heavy atom. The number of anilines is 2. The standard InChI is InChI=1S/C12H14N6/c1-14-11-9(6-13)12(15-2)18-10(17-11)8-4-3-5-16-7-8/h3-7,13H,1-2H3,(H2,14,15,17,18). The first-order valence-electron chi connectivity index (χ1n) is 5.48. The van der Waals surface area contributed by atoms with Gasteiger partial charge in [-0.25, -0.2) is 9.97 Å². The normalized spacial score (nSPS) is 9.89. The van der Waals surface area contributed by atoms with Gasteiger partial charge in [0, 0.05) is 38.3 Å². The van der Waals surface area contributed by atoms with Gasteiger partial charge in [-0.2, -0.15) is 0 Å². The third-order valence-electron chi connectivity index (χ3n) is 2.48. The number of nitrogens with one attached hydrogen (secondary N) is 3. The van der Waals surface area contributed by atoms with Gasteiger partial charge in [-0.05, 0) is 12.1 Å². The Hall–Kier alpha value is -2.50. The Bertz CT molecular complexity index is 527. The molecule has 6 heteroatoms. The monoisotopic (exact) mass is 242 g/mol. The van der Waals surface area contributed by atoms with Crippen LogP contribution in [-0.4, -0.2) is 35.3 Å². The van der Waals surface area contributed by atoms with Crippen LogP contribution in [0, 0.1) is 5.41 Å². The van der Waals surface area contributed by atoms with Crippen LogP contribution in [0.3, 0.4) is 0 Å². The van der Waals surface area contributed by atoms with Gasteiger partial charge in [0.15, 0.2) is 5.82 Å². The molecule has 2 aromatic heterocycles. The molecule has 0 aliphatic heterocycles. The van der Waals surface area contributed by atoms with Gasteiger partial charge in [0.1, 0.15) is 11.6 Å². The molecule has 0 unspecified atom stereocenters. The van der Waals surface area contributed by atoms with Crippen molar-refractivity contribution in [1.82, 2.24) is 15.0 Å². The van der Waals surface area contributed by atoms with Gasteiger partial charge in [0.05, 0.1) is 5.56 Å². The molecule has 2 aromatic rings. The van der Waals surface area contributed by atoms with Crippen molar-refractivity contribution in [2.24, 2.45) is 0 Å². The zero-order valence-electron chi connectivity index (χ0n) is 10.2. The molecule has 2 heterocycles. The lowest BCUT2D eigenvalue weighted by Crippen LogP contribution is -2.07. The van der Waals surface area contributed by atoms with Gasteiger partial charge >= 0.3 is 0 Å². The van der Waals surface area contributed by atoms with Gasteiger partial charge in [-0.3, -0.25) is 4.98 Å². The molecule has 18 heavy (non-hydrogen) atoms. The van der Waals surface area contributed by atoms with E-state index in [4.69, 9.17) is 5.41 Å². The summed E-state index contributed by atoms with van der Waals surface area (Å²) in [6, 6.07) is 3.73. The highest BCUT2D eigenvalue weighted by molar-refractivity contribution is 5.91. The average Bonchev–Trinajstić information content (AvgIpc) is 2.46. The fraction of sp³-hybridized carbons (Fsp3) is 0.167. The summed E-state index contributed by atoms with van der Waals surface area (Å²) in [4.78, 5) is 12.8. The van der Waals surface area contributed by atoms with Crippen molar-refractivity contribution < 1.29 is 0 Å². The molecule has 0 aliphatic rings. The zero-order chi connectivity index (χ0) is 13.0. The summed E-state index contributed by atoms with van der Waals surface area (Å²) >= 11 is 0. The highest BCUT2D eigenvalue weighted by Gasteiger charge is 2.12. The van der Waals surface area contributed by atoms with Crippen molar-refractivity contribution in [2.75, 3.05) is 24.7 Å². The van der Waals surface area contributed by atoms with E-state index < -0.39 is 0 Å². The van der Waals surface area contributed by atoms with Crippen LogP contribution in [0.15, 0.2) is 24.5 Å². The number of hydrogen-bond donors (Lipinski definition) is 3. The van der Waals surface area contributed by atoms with E-state index in [0.29, 0.717) is 23.0 Å². The van der Waals surface area contributed by atoms with Crippen LogP contribution in [0.5, 0.6) is 0 Å². The first-order chi connectivity index (χ1) is 8.80. The Morgan fingerprint density at radius 1 is 1.17 bits per heavy atom. The maximum atomic E-state index is 7.41. The van der Waals surface area contributed by atoms with Gasteiger partial charge in [-0.1, -0.05) is 0 Å². The van der Waals surface area contributed by atoms with Crippen molar-refractivity contribution in [3.05, 3.63) is 30.1 Å². The average molecular weight is 242 g/mol. The summed E-state index contributed by atoms with van der Waals surface area (Å²) in [7, 11) is 3.53. The summed E-state index contributed by atoms with van der Waals surface area (Å²) in [5.74, 6) is 1.80. The second kappa shape index (κ2) is 5.22. The van der Waals surface area contributed by atoms with E-state index in [9.17, 15) is 0 Å². The van der Waals surface area contributed by atoms with Crippen LogP contribution in [0.1, 0.15) is 5.56 Å². The van der Waals surface area contributed by atoms with E-state index in [1.807, 2.05) is 12.1 Å². The minimum Gasteiger partial charge on any atom is -0.372 e. The third kappa shape index (κ3) is 2.13. The maximum Gasteiger partial charge on any atom is 0.165 e. The molecule has 2 rings (SSSR count). The Morgan fingerprint density at radius 2 is 1.83 bits per heavy atom. The van der Waals surface area contributed by atoms with Gasteiger partial charge in [0.25, 0.3) is 0 Å². The molecular formula is C12H14N6. The fourth-order valence-corrected chi connectivity index (χ4v) is 1.61. The number of nitrogens with zero attached hydrogens (tertiary/aromatic N) is 3. The fourth-order valence-electron chi connectivity index (χ4n) is 1.61. The first kappa shape index (κ1) is 12.0. The SMILES string of the molecule is CNc1nc(-c2cccnc2)nc(NC)c1C=N. The van der Waals surface area contributed by atoms with E-state index in [-0.39, 0.29) is 0 Å². The van der Waals surface area contributed by atoms with Crippen LogP contribution in [0.25, 0.3) is 11.4 Å². The molecule has 0 radical (unpaired) electrons. The second-order valence-corrected chi connectivity index (χ2v) is 3.54. The Kier molecular flexibility index (Phi) is 3.47. The molecular weight excluding hydrogens is 228 g/mol. The van der Waals surface area contributed by atoms with Crippen LogP contribution in [0.4, 0.5) is 11.6 Å². The van der Waals surface area contributed by atoms with Crippen LogP contribution in [0.2, 0.25) is 0 Å². The highest BCUT2D eigenvalue weighted by atomic mass is 15.1. The van der Waals surface area contributed by atoms with Gasteiger partial charge in [-0.15, -0.1) is 0 Å². The molecule has 0 spiro atoms. The van der Waals surface area contributed by atoms with Crippen molar-refractivity contribution >= 4 is 17.9 Å². The lowest BCUT2D eigenvalue weighted by atomic mass is 10.2. The molecule has 3 N–H and O–H groups in total. The van der Waals surface area contributed by atoms with Gasteiger partial charge in [0.2, 0.25) is 0 Å². The molecule has 6 nitrogen and oxygen atoms in total. The van der Waals surface area contributed by atoms with Crippen molar-refractivity contribution in [2.45, 2.75) is 0 Å². The lowest BCUT2D eigenvalue weighted by Gasteiger charge is -2.11. The van der Waals surface area contributed by atoms with Crippen LogP contribution in [-0.2, 0) is 0 Å². The summed E-state index contributed by atoms with van der Waals surface area (Å²) in [6.07, 6.45) is 4.64. The molecule has 0 aliphatic carbocycles. The van der Waals surface area contributed by atoms with Crippen LogP contribution >= 0.6 is 0 Å². The van der Waals surface area contributed by atoms with Crippen molar-refractivity contribution in [1.29, 1.82) is 5.41 Å². The van der Waals surface area contributed by atoms with E-state index in [1.54, 1.807) is 26.5 Å². The molecule has 0 aromatic carbocycles. The minimum absolute atomic E-state index is 0.572. The summed E-state index contributed by atoms with van der Waals surface area (Å²) < 4.78 is 0. The zero-order valence-corrected chi connectivity index (χ0v) is 10.2. The smallest absolute Gasteiger partial charge is 0.165 e. The molecule has 0 saturated heterocycles. The molecule has 0 saturated carbocycles. The van der Waals surface area contributed by atoms with Crippen molar-refractivity contribution in [3.63, 3.8) is 0 Å². The lowest BCUT2D eigenvalue weighted by molar-refractivity contribution is 1.14. The largest absolute Gasteiger partial charge is 0.372 e. The van der Waals surface area contributed by atoms with E-state index >= 15 is 0 Å². The topological polar surface area (TPSA) is 86.6 Å². The number of aromatic nitrogens is 3. The Balaban J connectivity index is 2.60. The summed E-state index contributed by atoms with van der Waals surface area (Å²) in [5, 5.41) is 13.3. The number of hydrogen-bond acceptors (Lipinski definition) is 6. The predicted molar refractivity (Wildman–Crippen MR) is 72.2 cm³/mol. The highest BCUT2D eigenvalue weighted by Crippen LogP contribution is 2.23. The molecule has 0 atom stereocenters. The molecule has 0 amide bonds. The third-order valence-corrected chi connectivity index (χ3v) is 2.48. The summed E-state index contributed by atoms with van der Waals surface area (Å²) in [5.41, 5.74) is 1.47. The van der Waals surface area contributed by atoms with E-state index in [1.165, 1.54) is 6.21 Å². The van der Waals surface area contributed by atoms with Crippen LogP contribution < -0.4 is 10.6 Å². The minimum atomic E-state index is 0.572. The number of pyridine rings is 1. The predicted octanol–water partition coefficient (Wildman–Crippen LogP) is 1.62. The number of rotatable bonds is 4. The van der Waals surface area contributed by atoms with E-state index in [2.05, 4.69) is 25.6 Å². The van der Waals surface area contributed by atoms with Gasteiger partial charge < -0.3 is 16.0 Å². The quantitative estimate of drug-likeness (QED) is 0.709. The molecule has 0 bridgehead atoms. The molecule has 0 fully saturated rings. The Labute approximate surface area is 105 Å². The second-order valence-electron chi connectivity index (χ2n) is 3.54. The first-order valence-corrected chi connectivity index (χ1v) is 5.48.